The first-order chi connectivity index (χ1) is 11.1. The molecule has 1 unspecified atom stereocenters. The maximum absolute atomic E-state index is 12.1. The van der Waals surface area contributed by atoms with E-state index in [9.17, 15) is 26.7 Å². The zero-order valence-corrected chi connectivity index (χ0v) is 13.3. The number of sulfonamides is 1. The highest BCUT2D eigenvalue weighted by Crippen LogP contribution is 2.24. The Morgan fingerprint density at radius 1 is 1.25 bits per heavy atom. The molecule has 0 aliphatic carbocycles. The summed E-state index contributed by atoms with van der Waals surface area (Å²) in [6, 6.07) is 7.11. The van der Waals surface area contributed by atoms with E-state index in [4.69, 9.17) is 0 Å². The van der Waals surface area contributed by atoms with E-state index in [1.807, 2.05) is 0 Å². The summed E-state index contributed by atoms with van der Waals surface area (Å²) >= 11 is 0. The number of aromatic nitrogens is 1. The number of aliphatic hydroxyl groups is 1. The van der Waals surface area contributed by atoms with Crippen LogP contribution in [0.1, 0.15) is 11.8 Å². The van der Waals surface area contributed by atoms with Gasteiger partial charge < -0.3 is 14.4 Å². The van der Waals surface area contributed by atoms with E-state index in [1.165, 1.54) is 0 Å². The van der Waals surface area contributed by atoms with E-state index in [0.717, 1.165) is 24.3 Å². The Bertz CT molecular complexity index is 785. The molecule has 2 N–H and O–H groups in total. The summed E-state index contributed by atoms with van der Waals surface area (Å²) in [4.78, 5) is -0.240. The summed E-state index contributed by atoms with van der Waals surface area (Å²) in [5.41, 5.74) is 0.520. The molecule has 0 saturated heterocycles. The van der Waals surface area contributed by atoms with E-state index in [0.29, 0.717) is 5.69 Å². The highest BCUT2D eigenvalue weighted by Gasteiger charge is 2.31. The fourth-order valence-corrected chi connectivity index (χ4v) is 3.06. The first-order valence-corrected chi connectivity index (χ1v) is 8.21. The zero-order chi connectivity index (χ0) is 18.0. The summed E-state index contributed by atoms with van der Waals surface area (Å²) in [5.74, 6) is -0.523. The molecule has 1 heterocycles. The van der Waals surface area contributed by atoms with Gasteiger partial charge in [0.1, 0.15) is 11.9 Å². The lowest BCUT2D eigenvalue weighted by Gasteiger charge is -2.14. The molecular formula is C14H15F3N2O4S. The maximum atomic E-state index is 12.1. The first kappa shape index (κ1) is 18.3. The second kappa shape index (κ2) is 6.83. The van der Waals surface area contributed by atoms with Gasteiger partial charge in [-0.3, -0.25) is 0 Å². The smallest absolute Gasteiger partial charge is 0.406 e. The summed E-state index contributed by atoms with van der Waals surface area (Å²) in [7, 11) is -2.27. The number of alkyl halides is 3. The first-order valence-electron chi connectivity index (χ1n) is 6.73. The standard InChI is InChI=1S/C14H15F3N2O4S/c1-19-8-2-3-12(19)13(20)9-18-24(21,22)11-6-4-10(5-7-11)23-14(15,16)17/h2-8,13,18,20H,9H2,1H3. The molecule has 24 heavy (non-hydrogen) atoms. The molecule has 1 aromatic heterocycles. The largest absolute Gasteiger partial charge is 0.573 e. The minimum atomic E-state index is -4.85. The number of nitrogens with zero attached hydrogens (tertiary/aromatic N) is 1. The average molecular weight is 364 g/mol. The van der Waals surface area contributed by atoms with Crippen LogP contribution in [0, 0.1) is 0 Å². The highest BCUT2D eigenvalue weighted by molar-refractivity contribution is 7.89. The van der Waals surface area contributed by atoms with E-state index >= 15 is 0 Å². The molecule has 0 fully saturated rings. The molecule has 132 valence electrons. The minimum Gasteiger partial charge on any atom is -0.406 e. The van der Waals surface area contributed by atoms with Crippen LogP contribution in [0.5, 0.6) is 5.75 Å². The lowest BCUT2D eigenvalue weighted by molar-refractivity contribution is -0.274. The van der Waals surface area contributed by atoms with Crippen molar-refractivity contribution < 1.29 is 31.4 Å². The summed E-state index contributed by atoms with van der Waals surface area (Å²) in [6.07, 6.45) is -4.21. The van der Waals surface area contributed by atoms with Crippen molar-refractivity contribution in [1.82, 2.24) is 9.29 Å². The van der Waals surface area contributed by atoms with Crippen molar-refractivity contribution in [2.75, 3.05) is 6.54 Å². The Hall–Kier alpha value is -2.04. The van der Waals surface area contributed by atoms with Gasteiger partial charge in [0.15, 0.2) is 0 Å². The SMILES string of the molecule is Cn1cccc1C(O)CNS(=O)(=O)c1ccc(OC(F)(F)F)cc1. The number of rotatable bonds is 6. The van der Waals surface area contributed by atoms with Crippen LogP contribution in [0.3, 0.4) is 0 Å². The topological polar surface area (TPSA) is 80.6 Å². The van der Waals surface area contributed by atoms with E-state index in [1.54, 1.807) is 29.9 Å². The van der Waals surface area contributed by atoms with E-state index in [-0.39, 0.29) is 11.4 Å². The van der Waals surface area contributed by atoms with Gasteiger partial charge in [-0.15, -0.1) is 13.2 Å². The number of aliphatic hydroxyl groups excluding tert-OH is 1. The van der Waals surface area contributed by atoms with Crippen molar-refractivity contribution in [2.45, 2.75) is 17.4 Å². The monoisotopic (exact) mass is 364 g/mol. The number of benzene rings is 1. The van der Waals surface area contributed by atoms with Crippen LogP contribution >= 0.6 is 0 Å². The molecule has 0 radical (unpaired) electrons. The lowest BCUT2D eigenvalue weighted by atomic mass is 10.2. The fraction of sp³-hybridized carbons (Fsp3) is 0.286. The fourth-order valence-electron chi connectivity index (χ4n) is 2.02. The second-order valence-corrected chi connectivity index (χ2v) is 6.70. The molecule has 2 aromatic rings. The number of nitrogens with one attached hydrogen (secondary N) is 1. The minimum absolute atomic E-state index is 0.240. The van der Waals surface area contributed by atoms with Gasteiger partial charge in [0, 0.05) is 25.5 Å². The average Bonchev–Trinajstić information content (AvgIpc) is 2.90. The number of hydrogen-bond acceptors (Lipinski definition) is 4. The molecule has 1 atom stereocenters. The van der Waals surface area contributed by atoms with Gasteiger partial charge in [-0.1, -0.05) is 0 Å². The number of aryl methyl sites for hydroxylation is 1. The van der Waals surface area contributed by atoms with Crippen LogP contribution in [0.25, 0.3) is 0 Å². The lowest BCUT2D eigenvalue weighted by Crippen LogP contribution is -2.29. The Labute approximate surface area is 136 Å². The van der Waals surface area contributed by atoms with Gasteiger partial charge >= 0.3 is 6.36 Å². The van der Waals surface area contributed by atoms with E-state index < -0.39 is 28.2 Å². The summed E-state index contributed by atoms with van der Waals surface area (Å²) in [5, 5.41) is 9.98. The van der Waals surface area contributed by atoms with Gasteiger partial charge in [-0.25, -0.2) is 13.1 Å². The molecular weight excluding hydrogens is 349 g/mol. The second-order valence-electron chi connectivity index (χ2n) is 4.93. The third kappa shape index (κ3) is 4.73. The maximum Gasteiger partial charge on any atom is 0.573 e. The van der Waals surface area contributed by atoms with Crippen LogP contribution < -0.4 is 9.46 Å². The van der Waals surface area contributed by atoms with Gasteiger partial charge in [-0.05, 0) is 36.4 Å². The quantitative estimate of drug-likeness (QED) is 0.821. The predicted molar refractivity (Wildman–Crippen MR) is 78.7 cm³/mol. The normalized spacial score (nSPS) is 13.7. The summed E-state index contributed by atoms with van der Waals surface area (Å²) in [6.45, 7) is -0.277. The van der Waals surface area contributed by atoms with Gasteiger partial charge in [0.05, 0.1) is 4.90 Å². The van der Waals surface area contributed by atoms with Crippen molar-refractivity contribution >= 4 is 10.0 Å². The Kier molecular flexibility index (Phi) is 5.21. The Morgan fingerprint density at radius 2 is 1.88 bits per heavy atom. The molecule has 0 saturated carbocycles. The molecule has 0 amide bonds. The van der Waals surface area contributed by atoms with Gasteiger partial charge in [-0.2, -0.15) is 0 Å². The molecule has 0 aliphatic heterocycles. The zero-order valence-electron chi connectivity index (χ0n) is 12.5. The van der Waals surface area contributed by atoms with Crippen LogP contribution in [0.2, 0.25) is 0 Å². The van der Waals surface area contributed by atoms with Crippen molar-refractivity contribution in [3.05, 3.63) is 48.3 Å². The van der Waals surface area contributed by atoms with Gasteiger partial charge in [0.25, 0.3) is 0 Å². The molecule has 0 aliphatic rings. The van der Waals surface area contributed by atoms with Crippen molar-refractivity contribution in [3.8, 4) is 5.75 Å². The molecule has 2 rings (SSSR count). The number of halogens is 3. The Morgan fingerprint density at radius 3 is 2.38 bits per heavy atom. The molecule has 0 bridgehead atoms. The predicted octanol–water partition coefficient (Wildman–Crippen LogP) is 1.94. The van der Waals surface area contributed by atoms with Crippen LogP contribution in [-0.4, -0.2) is 31.0 Å². The summed E-state index contributed by atoms with van der Waals surface area (Å²) < 4.78 is 67.9. The van der Waals surface area contributed by atoms with E-state index in [2.05, 4.69) is 9.46 Å². The highest BCUT2D eigenvalue weighted by atomic mass is 32.2. The molecule has 6 nitrogen and oxygen atoms in total. The van der Waals surface area contributed by atoms with Crippen LogP contribution in [0.15, 0.2) is 47.5 Å². The van der Waals surface area contributed by atoms with Crippen LogP contribution in [0.4, 0.5) is 13.2 Å². The molecule has 0 spiro atoms. The molecule has 10 heteroatoms. The Balaban J connectivity index is 2.03. The van der Waals surface area contributed by atoms with Crippen molar-refractivity contribution in [1.29, 1.82) is 0 Å². The van der Waals surface area contributed by atoms with Crippen molar-refractivity contribution in [3.63, 3.8) is 0 Å². The molecule has 1 aromatic carbocycles. The van der Waals surface area contributed by atoms with Crippen molar-refractivity contribution in [2.24, 2.45) is 7.05 Å². The number of ether oxygens (including phenoxy) is 1. The third-order valence-electron chi connectivity index (χ3n) is 3.16. The number of hydrogen-bond donors (Lipinski definition) is 2. The van der Waals surface area contributed by atoms with Gasteiger partial charge in [0.2, 0.25) is 10.0 Å². The third-order valence-corrected chi connectivity index (χ3v) is 4.60. The van der Waals surface area contributed by atoms with Crippen LogP contribution in [-0.2, 0) is 17.1 Å².